The third-order valence-corrected chi connectivity index (χ3v) is 16.5. The summed E-state index contributed by atoms with van der Waals surface area (Å²) < 4.78 is 36.9. The van der Waals surface area contributed by atoms with E-state index in [2.05, 4.69) is 60.6 Å². The first-order valence-corrected chi connectivity index (χ1v) is 21.1. The summed E-state index contributed by atoms with van der Waals surface area (Å²) in [5.74, 6) is 1.55. The Morgan fingerprint density at radius 2 is 1.43 bits per heavy atom. The number of aliphatic hydroxyl groups excluding tert-OH is 7. The minimum Gasteiger partial charge on any atom is -0.394 e. The Labute approximate surface area is 332 Å². The summed E-state index contributed by atoms with van der Waals surface area (Å²) in [4.78, 5) is 0. The van der Waals surface area contributed by atoms with Crippen molar-refractivity contribution in [3.63, 3.8) is 0 Å². The smallest absolute Gasteiger partial charge is 0.187 e. The van der Waals surface area contributed by atoms with Gasteiger partial charge in [-0.2, -0.15) is 0 Å². The molecule has 0 bridgehead atoms. The molecule has 7 N–H and O–H groups in total. The third kappa shape index (κ3) is 6.80. The van der Waals surface area contributed by atoms with Gasteiger partial charge in [-0.15, -0.1) is 0 Å². The van der Waals surface area contributed by atoms with Crippen molar-refractivity contribution in [2.75, 3.05) is 20.3 Å². The minimum absolute atomic E-state index is 0.0128. The molecule has 13 nitrogen and oxygen atoms in total. The molecular formula is C43H70O13. The molecule has 0 aromatic carbocycles. The number of fused-ring (bicyclic) bond motifs is 5. The zero-order chi connectivity index (χ0) is 40.7. The summed E-state index contributed by atoms with van der Waals surface area (Å²) >= 11 is 0. The molecule has 20 atom stereocenters. The summed E-state index contributed by atoms with van der Waals surface area (Å²) in [5, 5.41) is 73.4. The predicted octanol–water partition coefficient (Wildman–Crippen LogP) is 2.94. The Morgan fingerprint density at radius 3 is 2.07 bits per heavy atom. The van der Waals surface area contributed by atoms with Gasteiger partial charge in [0.2, 0.25) is 0 Å². The van der Waals surface area contributed by atoms with Crippen LogP contribution in [0.4, 0.5) is 0 Å². The molecule has 56 heavy (non-hydrogen) atoms. The fourth-order valence-corrected chi connectivity index (χ4v) is 13.2. The highest BCUT2D eigenvalue weighted by atomic mass is 16.8. The van der Waals surface area contributed by atoms with Crippen molar-refractivity contribution in [3.05, 3.63) is 23.3 Å². The van der Waals surface area contributed by atoms with Gasteiger partial charge in [0, 0.05) is 13.0 Å². The topological polar surface area (TPSA) is 197 Å². The van der Waals surface area contributed by atoms with Crippen molar-refractivity contribution in [1.29, 1.82) is 0 Å². The van der Waals surface area contributed by atoms with E-state index in [1.54, 1.807) is 12.7 Å². The molecule has 13 heteroatoms. The maximum Gasteiger partial charge on any atom is 0.187 e. The van der Waals surface area contributed by atoms with E-state index in [1.165, 1.54) is 5.57 Å². The van der Waals surface area contributed by atoms with Gasteiger partial charge in [-0.3, -0.25) is 0 Å². The van der Waals surface area contributed by atoms with Crippen molar-refractivity contribution in [3.8, 4) is 0 Å². The number of ether oxygens (including phenoxy) is 6. The van der Waals surface area contributed by atoms with Crippen LogP contribution < -0.4 is 0 Å². The van der Waals surface area contributed by atoms with Gasteiger partial charge in [0.1, 0.15) is 48.8 Å². The van der Waals surface area contributed by atoms with Crippen LogP contribution in [-0.2, 0) is 28.4 Å². The fraction of sp³-hybridized carbons (Fsp3) is 0.907. The summed E-state index contributed by atoms with van der Waals surface area (Å²) in [7, 11) is 1.78. The SMILES string of the molecule is CO[C@@H]1O[C@H](C=C(C)C)C[C@H]1C1CC[C@]2(C)C3=CCC4C(C)(C)[C@@H](O[C@@H]5O[C@H](CO)[C@@H](O)[C@H](O)[C@H]5O[C@@H]5O[C@H](CO)[C@@H](O)[C@H](O)[C@H]5O)CC[C@]4(C)C3CC[C@@]12C. The first kappa shape index (κ1) is 43.1. The van der Waals surface area contributed by atoms with Crippen molar-refractivity contribution in [2.45, 2.75) is 180 Å². The van der Waals surface area contributed by atoms with Crippen LogP contribution in [-0.4, -0.2) is 136 Å². The normalized spacial score (nSPS) is 52.8. The van der Waals surface area contributed by atoms with E-state index in [9.17, 15) is 35.7 Å². The Bertz CT molecular complexity index is 1460. The van der Waals surface area contributed by atoms with E-state index < -0.39 is 74.6 Å². The van der Waals surface area contributed by atoms with Gasteiger partial charge in [-0.1, -0.05) is 57.9 Å². The Hall–Kier alpha value is -1.04. The van der Waals surface area contributed by atoms with Crippen molar-refractivity contribution in [2.24, 2.45) is 45.3 Å². The molecule has 7 aliphatic rings. The zero-order valence-electron chi connectivity index (χ0n) is 34.6. The molecule has 3 saturated carbocycles. The second-order valence-corrected chi connectivity index (χ2v) is 19.9. The van der Waals surface area contributed by atoms with E-state index in [0.717, 1.165) is 44.9 Å². The molecule has 0 spiro atoms. The molecule has 3 heterocycles. The molecule has 7 rings (SSSR count). The first-order valence-electron chi connectivity index (χ1n) is 21.1. The molecule has 0 radical (unpaired) electrons. The van der Waals surface area contributed by atoms with Gasteiger partial charge in [-0.25, -0.2) is 0 Å². The second-order valence-electron chi connectivity index (χ2n) is 19.9. The van der Waals surface area contributed by atoms with Crippen LogP contribution in [0.3, 0.4) is 0 Å². The molecular weight excluding hydrogens is 724 g/mol. The number of aliphatic hydroxyl groups is 7. The van der Waals surface area contributed by atoms with Gasteiger partial charge in [0.05, 0.1) is 25.4 Å². The minimum atomic E-state index is -1.73. The highest BCUT2D eigenvalue weighted by Gasteiger charge is 2.67. The van der Waals surface area contributed by atoms with Crippen LogP contribution in [0.2, 0.25) is 0 Å². The average molecular weight is 795 g/mol. The number of hydrogen-bond acceptors (Lipinski definition) is 13. The molecule has 3 saturated heterocycles. The monoisotopic (exact) mass is 794 g/mol. The lowest BCUT2D eigenvalue weighted by atomic mass is 9.41. The maximum absolute atomic E-state index is 11.3. The highest BCUT2D eigenvalue weighted by Crippen LogP contribution is 2.74. The summed E-state index contributed by atoms with van der Waals surface area (Å²) in [6.45, 7) is 15.0. The lowest BCUT2D eigenvalue weighted by Crippen LogP contribution is -2.65. The number of hydrogen-bond donors (Lipinski definition) is 7. The van der Waals surface area contributed by atoms with E-state index >= 15 is 0 Å². The lowest BCUT2D eigenvalue weighted by molar-refractivity contribution is -0.377. The summed E-state index contributed by atoms with van der Waals surface area (Å²) in [5.41, 5.74) is 2.74. The molecule has 0 aromatic heterocycles. The molecule has 0 amide bonds. The van der Waals surface area contributed by atoms with E-state index in [0.29, 0.717) is 24.2 Å². The van der Waals surface area contributed by atoms with E-state index in [-0.39, 0.29) is 46.1 Å². The molecule has 3 unspecified atom stereocenters. The van der Waals surface area contributed by atoms with Gasteiger partial charge in [0.15, 0.2) is 18.9 Å². The van der Waals surface area contributed by atoms with Crippen LogP contribution in [0.15, 0.2) is 23.3 Å². The van der Waals surface area contributed by atoms with Crippen LogP contribution in [0.25, 0.3) is 0 Å². The number of methoxy groups -OCH3 is 1. The molecule has 320 valence electrons. The number of allylic oxidation sites excluding steroid dienone is 3. The van der Waals surface area contributed by atoms with Gasteiger partial charge >= 0.3 is 0 Å². The maximum atomic E-state index is 11.3. The van der Waals surface area contributed by atoms with Crippen LogP contribution in [0.5, 0.6) is 0 Å². The molecule has 6 fully saturated rings. The van der Waals surface area contributed by atoms with E-state index in [4.69, 9.17) is 28.4 Å². The number of rotatable bonds is 9. The van der Waals surface area contributed by atoms with Gasteiger partial charge < -0.3 is 64.2 Å². The molecule has 3 aliphatic heterocycles. The molecule has 4 aliphatic carbocycles. The lowest BCUT2D eigenvalue weighted by Gasteiger charge is -2.65. The average Bonchev–Trinajstić information content (AvgIpc) is 3.68. The highest BCUT2D eigenvalue weighted by molar-refractivity contribution is 5.33. The quantitative estimate of drug-likeness (QED) is 0.169. The Kier molecular flexibility index (Phi) is 12.1. The predicted molar refractivity (Wildman–Crippen MR) is 203 cm³/mol. The van der Waals surface area contributed by atoms with Gasteiger partial charge in [0.25, 0.3) is 0 Å². The third-order valence-electron chi connectivity index (χ3n) is 16.5. The van der Waals surface area contributed by atoms with Crippen LogP contribution >= 0.6 is 0 Å². The molecule has 0 aromatic rings. The van der Waals surface area contributed by atoms with Gasteiger partial charge in [-0.05, 0) is 105 Å². The van der Waals surface area contributed by atoms with Crippen LogP contribution in [0, 0.1) is 45.3 Å². The summed E-state index contributed by atoms with van der Waals surface area (Å²) in [6.07, 6.45) is -2.40. The second kappa shape index (κ2) is 15.8. The summed E-state index contributed by atoms with van der Waals surface area (Å²) in [6, 6.07) is 0. The largest absolute Gasteiger partial charge is 0.394 e. The Morgan fingerprint density at radius 1 is 0.768 bits per heavy atom. The van der Waals surface area contributed by atoms with Crippen molar-refractivity contribution < 1.29 is 64.2 Å². The zero-order valence-corrected chi connectivity index (χ0v) is 34.6. The van der Waals surface area contributed by atoms with Crippen LogP contribution in [0.1, 0.15) is 99.8 Å². The van der Waals surface area contributed by atoms with Crippen molar-refractivity contribution in [1.82, 2.24) is 0 Å². The fourth-order valence-electron chi connectivity index (χ4n) is 13.2. The standard InChI is InChI=1S/C43H70O13/c1-21(2)17-22-18-23(37(51-8)52-22)24-11-15-43(7)26-9-10-29-40(3,4)30(13-14-41(29,5)25(26)12-16-42(24,43)6)55-39-36(34(49)32(47)28(20-45)54-39)56-38-35(50)33(48)31(46)27(19-44)53-38/h9,17,22-25,27-39,44-50H,10-16,18-20H2,1-8H3/t22-,23+,24?,25?,27-,28-,29?,30+,31-,32-,33+,34+,35-,36-,37-,38+,39+,41-,42+,43-/m1/s1. The first-order chi connectivity index (χ1) is 26.4. The van der Waals surface area contributed by atoms with E-state index in [1.807, 2.05) is 0 Å². The Balaban J connectivity index is 1.11. The van der Waals surface area contributed by atoms with Crippen molar-refractivity contribution >= 4 is 0 Å².